The van der Waals surface area contributed by atoms with Crippen LogP contribution in [0.4, 0.5) is 5.69 Å². The van der Waals surface area contributed by atoms with E-state index in [1.165, 1.54) is 16.4 Å². The van der Waals surface area contributed by atoms with Crippen molar-refractivity contribution in [2.45, 2.75) is 11.8 Å². The summed E-state index contributed by atoms with van der Waals surface area (Å²) in [6, 6.07) is 10.5. The van der Waals surface area contributed by atoms with Gasteiger partial charge < -0.3 is 14.4 Å². The number of hydrogen-bond donors (Lipinski definition) is 0. The first-order chi connectivity index (χ1) is 13.8. The van der Waals surface area contributed by atoms with E-state index in [2.05, 4.69) is 0 Å². The summed E-state index contributed by atoms with van der Waals surface area (Å²) >= 11 is 0. The number of nitro groups is 1. The first-order valence-electron chi connectivity index (χ1n) is 9.19. The van der Waals surface area contributed by atoms with Gasteiger partial charge in [0.15, 0.2) is 11.5 Å². The van der Waals surface area contributed by atoms with Gasteiger partial charge in [-0.25, -0.2) is 8.42 Å². The molecular formula is C19H23N3O6S. The van der Waals surface area contributed by atoms with Gasteiger partial charge in [0.25, 0.3) is 0 Å². The molecule has 0 bridgehead atoms. The first-order valence-corrected chi connectivity index (χ1v) is 10.6. The van der Waals surface area contributed by atoms with Crippen LogP contribution in [0.25, 0.3) is 0 Å². The van der Waals surface area contributed by atoms with Crippen molar-refractivity contribution in [1.29, 1.82) is 0 Å². The number of ether oxygens (including phenoxy) is 2. The van der Waals surface area contributed by atoms with Crippen molar-refractivity contribution < 1.29 is 22.8 Å². The molecule has 0 radical (unpaired) electrons. The summed E-state index contributed by atoms with van der Waals surface area (Å²) in [6.45, 7) is 4.12. The third kappa shape index (κ3) is 4.66. The van der Waals surface area contributed by atoms with Crippen LogP contribution >= 0.6 is 0 Å². The SMILES string of the molecule is CCOc1ccccc1Oc1ccc(S(=O)(=O)N2CCN(C)CC2)cc1[N+](=O)[O-]. The maximum absolute atomic E-state index is 12.9. The number of piperazine rings is 1. The molecule has 156 valence electrons. The lowest BCUT2D eigenvalue weighted by Crippen LogP contribution is -2.47. The van der Waals surface area contributed by atoms with Crippen LogP contribution in [0.15, 0.2) is 47.4 Å². The fraction of sp³-hybridized carbons (Fsp3) is 0.368. The van der Waals surface area contributed by atoms with E-state index in [1.54, 1.807) is 24.3 Å². The van der Waals surface area contributed by atoms with Crippen molar-refractivity contribution in [3.05, 3.63) is 52.6 Å². The molecule has 1 aliphatic heterocycles. The largest absolute Gasteiger partial charge is 0.490 e. The van der Waals surface area contributed by atoms with Gasteiger partial charge in [0.1, 0.15) is 0 Å². The van der Waals surface area contributed by atoms with Crippen molar-refractivity contribution in [2.24, 2.45) is 0 Å². The molecule has 2 aromatic carbocycles. The van der Waals surface area contributed by atoms with E-state index in [9.17, 15) is 18.5 Å². The lowest BCUT2D eigenvalue weighted by molar-refractivity contribution is -0.385. The van der Waals surface area contributed by atoms with Crippen LogP contribution in [0.1, 0.15) is 6.92 Å². The van der Waals surface area contributed by atoms with Gasteiger partial charge in [-0.05, 0) is 38.2 Å². The van der Waals surface area contributed by atoms with Gasteiger partial charge in [-0.2, -0.15) is 4.31 Å². The Balaban J connectivity index is 1.93. The molecule has 1 fully saturated rings. The van der Waals surface area contributed by atoms with Gasteiger partial charge >= 0.3 is 5.69 Å². The number of benzene rings is 2. The summed E-state index contributed by atoms with van der Waals surface area (Å²) in [4.78, 5) is 12.9. The Kier molecular flexibility index (Phi) is 6.36. The predicted molar refractivity (Wildman–Crippen MR) is 107 cm³/mol. The Bertz CT molecular complexity index is 987. The number of nitrogens with zero attached hydrogens (tertiary/aromatic N) is 3. The molecule has 0 unspecified atom stereocenters. The monoisotopic (exact) mass is 421 g/mol. The Morgan fingerprint density at radius 3 is 2.31 bits per heavy atom. The fourth-order valence-corrected chi connectivity index (χ4v) is 4.43. The van der Waals surface area contributed by atoms with Crippen LogP contribution < -0.4 is 9.47 Å². The topological polar surface area (TPSA) is 102 Å². The third-order valence-corrected chi connectivity index (χ3v) is 6.49. The molecule has 0 aromatic heterocycles. The van der Waals surface area contributed by atoms with Gasteiger partial charge in [-0.15, -0.1) is 0 Å². The lowest BCUT2D eigenvalue weighted by Gasteiger charge is -2.31. The van der Waals surface area contributed by atoms with E-state index < -0.39 is 20.6 Å². The molecule has 0 atom stereocenters. The number of rotatable bonds is 7. The fourth-order valence-electron chi connectivity index (χ4n) is 2.99. The highest BCUT2D eigenvalue weighted by atomic mass is 32.2. The highest BCUT2D eigenvalue weighted by Crippen LogP contribution is 2.37. The molecule has 0 spiro atoms. The number of nitro benzene ring substituents is 1. The number of hydrogen-bond acceptors (Lipinski definition) is 7. The zero-order chi connectivity index (χ0) is 21.0. The molecule has 0 N–H and O–H groups in total. The van der Waals surface area contributed by atoms with E-state index in [0.717, 1.165) is 6.07 Å². The summed E-state index contributed by atoms with van der Waals surface area (Å²) in [7, 11) is -1.91. The smallest absolute Gasteiger partial charge is 0.312 e. The second kappa shape index (κ2) is 8.76. The van der Waals surface area contributed by atoms with Crippen LogP contribution in [-0.4, -0.2) is 62.4 Å². The zero-order valence-electron chi connectivity index (χ0n) is 16.3. The quantitative estimate of drug-likeness (QED) is 0.500. The van der Waals surface area contributed by atoms with Crippen molar-refractivity contribution in [2.75, 3.05) is 39.8 Å². The average Bonchev–Trinajstić information content (AvgIpc) is 2.70. The standard InChI is InChI=1S/C19H23N3O6S/c1-3-27-18-6-4-5-7-19(18)28-17-9-8-15(14-16(17)22(23)24)29(25,26)21-12-10-20(2)11-13-21/h4-9,14H,3,10-13H2,1-2H3. The molecule has 0 saturated carbocycles. The molecule has 3 rings (SSSR count). The van der Waals surface area contributed by atoms with E-state index in [4.69, 9.17) is 9.47 Å². The molecule has 29 heavy (non-hydrogen) atoms. The van der Waals surface area contributed by atoms with Crippen LogP contribution in [0.5, 0.6) is 17.2 Å². The van der Waals surface area contributed by atoms with Crippen LogP contribution in [0.3, 0.4) is 0 Å². The molecule has 9 nitrogen and oxygen atoms in total. The van der Waals surface area contributed by atoms with Crippen molar-refractivity contribution in [3.8, 4) is 17.2 Å². The highest BCUT2D eigenvalue weighted by Gasteiger charge is 2.30. The average molecular weight is 421 g/mol. The highest BCUT2D eigenvalue weighted by molar-refractivity contribution is 7.89. The molecule has 1 heterocycles. The van der Waals surface area contributed by atoms with E-state index in [-0.39, 0.29) is 10.6 Å². The Morgan fingerprint density at radius 1 is 1.03 bits per heavy atom. The molecule has 0 amide bonds. The van der Waals surface area contributed by atoms with Crippen LogP contribution in [0.2, 0.25) is 0 Å². The van der Waals surface area contributed by atoms with Gasteiger partial charge in [-0.3, -0.25) is 10.1 Å². The molecule has 10 heteroatoms. The predicted octanol–water partition coefficient (Wildman–Crippen LogP) is 2.72. The Hall–Kier alpha value is -2.69. The third-order valence-electron chi connectivity index (χ3n) is 4.60. The van der Waals surface area contributed by atoms with Crippen molar-refractivity contribution in [3.63, 3.8) is 0 Å². The maximum atomic E-state index is 12.9. The van der Waals surface area contributed by atoms with E-state index in [0.29, 0.717) is 44.3 Å². The number of likely N-dealkylation sites (N-methyl/N-ethyl adjacent to an activating group) is 1. The van der Waals surface area contributed by atoms with Crippen molar-refractivity contribution in [1.82, 2.24) is 9.21 Å². The Morgan fingerprint density at radius 2 is 1.69 bits per heavy atom. The molecule has 1 aliphatic rings. The zero-order valence-corrected chi connectivity index (χ0v) is 17.1. The van der Waals surface area contributed by atoms with E-state index in [1.807, 2.05) is 18.9 Å². The van der Waals surface area contributed by atoms with Gasteiger partial charge in [0, 0.05) is 32.2 Å². The number of sulfonamides is 1. The second-order valence-corrected chi connectivity index (χ2v) is 8.51. The number of para-hydroxylation sites is 2. The normalized spacial score (nSPS) is 15.8. The molecule has 2 aromatic rings. The molecule has 1 saturated heterocycles. The Labute approximate surface area is 169 Å². The molecular weight excluding hydrogens is 398 g/mol. The minimum Gasteiger partial charge on any atom is -0.490 e. The summed E-state index contributed by atoms with van der Waals surface area (Å²) in [5.41, 5.74) is -0.425. The minimum absolute atomic E-state index is 0.0560. The summed E-state index contributed by atoms with van der Waals surface area (Å²) in [5, 5.41) is 11.6. The van der Waals surface area contributed by atoms with E-state index >= 15 is 0 Å². The minimum atomic E-state index is -3.83. The van der Waals surface area contributed by atoms with Gasteiger partial charge in [0.2, 0.25) is 15.8 Å². The summed E-state index contributed by atoms with van der Waals surface area (Å²) in [5.74, 6) is 0.699. The maximum Gasteiger partial charge on any atom is 0.312 e. The summed E-state index contributed by atoms with van der Waals surface area (Å²) in [6.07, 6.45) is 0. The lowest BCUT2D eigenvalue weighted by atomic mass is 10.3. The molecule has 0 aliphatic carbocycles. The van der Waals surface area contributed by atoms with Gasteiger partial charge in [-0.1, -0.05) is 12.1 Å². The summed E-state index contributed by atoms with van der Waals surface area (Å²) < 4.78 is 38.3. The van der Waals surface area contributed by atoms with Crippen LogP contribution in [0, 0.1) is 10.1 Å². The second-order valence-electron chi connectivity index (χ2n) is 6.58. The first kappa shape index (κ1) is 21.0. The van der Waals surface area contributed by atoms with Crippen LogP contribution in [-0.2, 0) is 10.0 Å². The van der Waals surface area contributed by atoms with Crippen molar-refractivity contribution >= 4 is 15.7 Å². The van der Waals surface area contributed by atoms with Gasteiger partial charge in [0.05, 0.1) is 16.4 Å².